The fourth-order valence-corrected chi connectivity index (χ4v) is 2.81. The molecule has 1 aromatic rings. The van der Waals surface area contributed by atoms with Crippen molar-refractivity contribution in [1.82, 2.24) is 4.90 Å². The summed E-state index contributed by atoms with van der Waals surface area (Å²) in [5.41, 5.74) is 2.50. The second kappa shape index (κ2) is 9.03. The highest BCUT2D eigenvalue weighted by atomic mass is 32.2. The van der Waals surface area contributed by atoms with E-state index >= 15 is 0 Å². The Balaban J connectivity index is 2.38. The number of rotatable bonds is 8. The molecule has 0 aliphatic rings. The maximum atomic E-state index is 12.2. The monoisotopic (exact) mass is 295 g/mol. The van der Waals surface area contributed by atoms with Crippen molar-refractivity contribution in [1.29, 1.82) is 0 Å². The first-order chi connectivity index (χ1) is 9.54. The van der Waals surface area contributed by atoms with Crippen molar-refractivity contribution in [3.05, 3.63) is 35.4 Å². The van der Waals surface area contributed by atoms with Gasteiger partial charge in [-0.25, -0.2) is 0 Å². The van der Waals surface area contributed by atoms with Crippen molar-refractivity contribution in [2.24, 2.45) is 0 Å². The molecule has 0 unspecified atom stereocenters. The Morgan fingerprint density at radius 1 is 1.30 bits per heavy atom. The number of nitrogens with zero attached hydrogens (tertiary/aromatic N) is 1. The van der Waals surface area contributed by atoms with E-state index in [-0.39, 0.29) is 18.6 Å². The Labute approximate surface area is 126 Å². The first-order valence-electron chi connectivity index (χ1n) is 7.08. The molecule has 0 spiro atoms. The first-order valence-corrected chi connectivity index (χ1v) is 8.23. The van der Waals surface area contributed by atoms with Gasteiger partial charge in [0, 0.05) is 24.9 Å². The Bertz CT molecular complexity index is 403. The normalized spacial score (nSPS) is 10.8. The summed E-state index contributed by atoms with van der Waals surface area (Å²) in [5, 5.41) is 8.88. The van der Waals surface area contributed by atoms with E-state index in [0.717, 1.165) is 5.75 Å². The van der Waals surface area contributed by atoms with E-state index in [4.69, 9.17) is 5.11 Å². The SMILES string of the molecule is Cc1ccc(CSCC(=O)N(CCCO)C(C)C)cc1. The van der Waals surface area contributed by atoms with Gasteiger partial charge >= 0.3 is 0 Å². The van der Waals surface area contributed by atoms with Crippen LogP contribution in [0.2, 0.25) is 0 Å². The molecular weight excluding hydrogens is 270 g/mol. The predicted molar refractivity (Wildman–Crippen MR) is 85.9 cm³/mol. The highest BCUT2D eigenvalue weighted by Gasteiger charge is 2.16. The van der Waals surface area contributed by atoms with E-state index in [1.54, 1.807) is 11.8 Å². The number of carbonyl (C=O) groups excluding carboxylic acids is 1. The Kier molecular flexibility index (Phi) is 7.70. The molecule has 1 N–H and O–H groups in total. The van der Waals surface area contributed by atoms with Crippen molar-refractivity contribution >= 4 is 17.7 Å². The minimum absolute atomic E-state index is 0.132. The number of carbonyl (C=O) groups is 1. The largest absolute Gasteiger partial charge is 0.396 e. The summed E-state index contributed by atoms with van der Waals surface area (Å²) in [5.74, 6) is 1.51. The van der Waals surface area contributed by atoms with E-state index in [0.29, 0.717) is 18.7 Å². The van der Waals surface area contributed by atoms with Gasteiger partial charge in [-0.3, -0.25) is 4.79 Å². The summed E-state index contributed by atoms with van der Waals surface area (Å²) in [6.07, 6.45) is 0.645. The van der Waals surface area contributed by atoms with Gasteiger partial charge in [0.2, 0.25) is 5.91 Å². The van der Waals surface area contributed by atoms with Gasteiger partial charge in [-0.1, -0.05) is 29.8 Å². The van der Waals surface area contributed by atoms with Crippen molar-refractivity contribution < 1.29 is 9.90 Å². The number of benzene rings is 1. The van der Waals surface area contributed by atoms with Gasteiger partial charge in [0.1, 0.15) is 0 Å². The van der Waals surface area contributed by atoms with Gasteiger partial charge in [0.25, 0.3) is 0 Å². The van der Waals surface area contributed by atoms with E-state index in [1.165, 1.54) is 11.1 Å². The zero-order chi connectivity index (χ0) is 15.0. The number of thioether (sulfide) groups is 1. The fraction of sp³-hybridized carbons (Fsp3) is 0.562. The Hall–Kier alpha value is -1.00. The first kappa shape index (κ1) is 17.1. The predicted octanol–water partition coefficient (Wildman–Crippen LogP) is 2.85. The molecule has 0 saturated carbocycles. The van der Waals surface area contributed by atoms with Crippen LogP contribution < -0.4 is 0 Å². The average molecular weight is 295 g/mol. The van der Waals surface area contributed by atoms with E-state index in [1.807, 2.05) is 18.7 Å². The van der Waals surface area contributed by atoms with Crippen molar-refractivity contribution in [3.63, 3.8) is 0 Å². The van der Waals surface area contributed by atoms with Crippen LogP contribution in [-0.2, 0) is 10.5 Å². The van der Waals surface area contributed by atoms with Crippen LogP contribution in [0, 0.1) is 6.92 Å². The van der Waals surface area contributed by atoms with Crippen LogP contribution in [0.25, 0.3) is 0 Å². The Morgan fingerprint density at radius 3 is 2.50 bits per heavy atom. The van der Waals surface area contributed by atoms with Gasteiger partial charge in [-0.05, 0) is 32.8 Å². The molecule has 1 aromatic carbocycles. The lowest BCUT2D eigenvalue weighted by Crippen LogP contribution is -2.39. The lowest BCUT2D eigenvalue weighted by atomic mass is 10.2. The molecule has 0 fully saturated rings. The third-order valence-electron chi connectivity index (χ3n) is 3.12. The molecule has 1 amide bonds. The second-order valence-corrected chi connectivity index (χ2v) is 6.22. The minimum Gasteiger partial charge on any atom is -0.396 e. The number of amides is 1. The molecule has 0 bridgehead atoms. The third kappa shape index (κ3) is 5.97. The third-order valence-corrected chi connectivity index (χ3v) is 4.10. The molecule has 0 saturated heterocycles. The molecule has 0 heterocycles. The molecule has 112 valence electrons. The van der Waals surface area contributed by atoms with E-state index in [9.17, 15) is 4.79 Å². The number of aryl methyl sites for hydroxylation is 1. The van der Waals surface area contributed by atoms with Crippen molar-refractivity contribution in [3.8, 4) is 0 Å². The van der Waals surface area contributed by atoms with Crippen LogP contribution in [-0.4, -0.2) is 40.9 Å². The van der Waals surface area contributed by atoms with Crippen LogP contribution in [0.5, 0.6) is 0 Å². The summed E-state index contributed by atoms with van der Waals surface area (Å²) >= 11 is 1.65. The highest BCUT2D eigenvalue weighted by molar-refractivity contribution is 7.99. The summed E-state index contributed by atoms with van der Waals surface area (Å²) in [4.78, 5) is 14.0. The van der Waals surface area contributed by atoms with Crippen LogP contribution in [0.3, 0.4) is 0 Å². The summed E-state index contributed by atoms with van der Waals surface area (Å²) < 4.78 is 0. The highest BCUT2D eigenvalue weighted by Crippen LogP contribution is 2.14. The summed E-state index contributed by atoms with van der Waals surface area (Å²) in [6.45, 7) is 6.87. The summed E-state index contributed by atoms with van der Waals surface area (Å²) in [6, 6.07) is 8.60. The molecule has 0 atom stereocenters. The number of hydrogen-bond acceptors (Lipinski definition) is 3. The second-order valence-electron chi connectivity index (χ2n) is 5.24. The van der Waals surface area contributed by atoms with Crippen molar-refractivity contribution in [2.45, 2.75) is 39.0 Å². The molecule has 0 radical (unpaired) electrons. The summed E-state index contributed by atoms with van der Waals surface area (Å²) in [7, 11) is 0. The molecular formula is C16H25NO2S. The van der Waals surface area contributed by atoms with Crippen LogP contribution in [0.1, 0.15) is 31.4 Å². The van der Waals surface area contributed by atoms with Crippen LogP contribution in [0.4, 0.5) is 0 Å². The van der Waals surface area contributed by atoms with E-state index < -0.39 is 0 Å². The Morgan fingerprint density at radius 2 is 1.95 bits per heavy atom. The van der Waals surface area contributed by atoms with Crippen LogP contribution >= 0.6 is 11.8 Å². The van der Waals surface area contributed by atoms with E-state index in [2.05, 4.69) is 31.2 Å². The average Bonchev–Trinajstić information content (AvgIpc) is 2.41. The molecule has 0 aliphatic heterocycles. The number of aliphatic hydroxyl groups excluding tert-OH is 1. The van der Waals surface area contributed by atoms with Gasteiger partial charge in [0.05, 0.1) is 5.75 Å². The smallest absolute Gasteiger partial charge is 0.232 e. The minimum atomic E-state index is 0.132. The molecule has 3 nitrogen and oxygen atoms in total. The lowest BCUT2D eigenvalue weighted by molar-refractivity contribution is -0.130. The zero-order valence-corrected chi connectivity index (χ0v) is 13.4. The number of aliphatic hydroxyl groups is 1. The topological polar surface area (TPSA) is 40.5 Å². The fourth-order valence-electron chi connectivity index (χ4n) is 1.94. The molecule has 20 heavy (non-hydrogen) atoms. The van der Waals surface area contributed by atoms with Gasteiger partial charge in [0.15, 0.2) is 0 Å². The molecule has 1 rings (SSSR count). The number of hydrogen-bond donors (Lipinski definition) is 1. The van der Waals surface area contributed by atoms with Gasteiger partial charge in [-0.15, -0.1) is 11.8 Å². The molecule has 0 aliphatic carbocycles. The van der Waals surface area contributed by atoms with Crippen LogP contribution in [0.15, 0.2) is 24.3 Å². The molecule has 4 heteroatoms. The van der Waals surface area contributed by atoms with Gasteiger partial charge in [-0.2, -0.15) is 0 Å². The zero-order valence-electron chi connectivity index (χ0n) is 12.6. The maximum Gasteiger partial charge on any atom is 0.232 e. The molecule has 0 aromatic heterocycles. The lowest BCUT2D eigenvalue weighted by Gasteiger charge is -2.26. The quantitative estimate of drug-likeness (QED) is 0.802. The maximum absolute atomic E-state index is 12.2. The van der Waals surface area contributed by atoms with Gasteiger partial charge < -0.3 is 10.0 Å². The standard InChI is InChI=1S/C16H25NO2S/c1-13(2)17(9-4-10-18)16(19)12-20-11-15-7-5-14(3)6-8-15/h5-8,13,18H,4,9-12H2,1-3H3. The van der Waals surface area contributed by atoms with Crippen molar-refractivity contribution in [2.75, 3.05) is 18.9 Å².